The zero-order valence-electron chi connectivity index (χ0n) is 22.6. The zero-order valence-corrected chi connectivity index (χ0v) is 22.6. The Hall–Kier alpha value is -1.05. The molecule has 1 aliphatic carbocycles. The third-order valence-electron chi connectivity index (χ3n) is 8.14. The van der Waals surface area contributed by atoms with Crippen molar-refractivity contribution in [2.24, 2.45) is 28.7 Å². The molecule has 4 fully saturated rings. The highest BCUT2D eigenvalue weighted by atomic mass is 16.8. The van der Waals surface area contributed by atoms with E-state index in [1.54, 1.807) is 0 Å². The van der Waals surface area contributed by atoms with Crippen molar-refractivity contribution in [3.63, 3.8) is 0 Å². The summed E-state index contributed by atoms with van der Waals surface area (Å²) in [5, 5.41) is 72.5. The molecule has 4 aliphatic rings. The zero-order chi connectivity index (χ0) is 31.0. The van der Waals surface area contributed by atoms with Crippen molar-refractivity contribution in [1.82, 2.24) is 0 Å². The van der Waals surface area contributed by atoms with Crippen LogP contribution in [-0.4, -0.2) is 171 Å². The molecule has 3 aliphatic heterocycles. The van der Waals surface area contributed by atoms with E-state index in [-0.39, 0.29) is 19.5 Å². The minimum atomic E-state index is -1.86. The molecule has 4 rings (SSSR count). The molecule has 0 unspecified atom stereocenters. The van der Waals surface area contributed by atoms with Crippen molar-refractivity contribution in [2.75, 3.05) is 19.7 Å². The van der Waals surface area contributed by atoms with Crippen molar-refractivity contribution in [2.45, 2.75) is 117 Å². The van der Waals surface area contributed by atoms with Crippen LogP contribution in [0, 0.1) is 0 Å². The summed E-state index contributed by atoms with van der Waals surface area (Å²) in [7, 11) is 0. The smallest absolute Gasteiger partial charge is 0.221 e. The molecule has 19 heteroatoms. The van der Waals surface area contributed by atoms with Crippen LogP contribution in [0.2, 0.25) is 0 Å². The van der Waals surface area contributed by atoms with Gasteiger partial charge in [-0.05, 0) is 6.42 Å². The fraction of sp³-hybridized carbons (Fsp3) is 0.957. The van der Waals surface area contributed by atoms with E-state index in [0.29, 0.717) is 0 Å². The fourth-order valence-electron chi connectivity index (χ4n) is 5.57. The number of ether oxygens (including phenoxy) is 6. The van der Waals surface area contributed by atoms with Crippen molar-refractivity contribution < 1.29 is 69.0 Å². The minimum Gasteiger partial charge on any atom is -0.394 e. The van der Waals surface area contributed by atoms with E-state index in [9.17, 15) is 40.5 Å². The van der Waals surface area contributed by atoms with Crippen LogP contribution in [0.1, 0.15) is 6.42 Å². The van der Waals surface area contributed by atoms with Crippen LogP contribution in [-0.2, 0) is 33.2 Å². The lowest BCUT2D eigenvalue weighted by Crippen LogP contribution is -2.66. The Morgan fingerprint density at radius 3 is 1.88 bits per heavy atom. The highest BCUT2D eigenvalue weighted by Crippen LogP contribution is 2.34. The Morgan fingerprint density at radius 2 is 1.26 bits per heavy atom. The van der Waals surface area contributed by atoms with Crippen LogP contribution in [0.15, 0.2) is 0 Å². The molecule has 0 aromatic rings. The molecule has 3 saturated heterocycles. The largest absolute Gasteiger partial charge is 0.394 e. The summed E-state index contributed by atoms with van der Waals surface area (Å²) >= 11 is 0. The predicted octanol–water partition coefficient (Wildman–Crippen LogP) is -8.65. The Labute approximate surface area is 240 Å². The summed E-state index contributed by atoms with van der Waals surface area (Å²) < 4.78 is 34.0. The lowest BCUT2D eigenvalue weighted by atomic mass is 9.84. The molecule has 0 spiro atoms. The maximum Gasteiger partial charge on any atom is 0.221 e. The average molecular weight is 614 g/mol. The van der Waals surface area contributed by atoms with Gasteiger partial charge < -0.3 is 92.8 Å². The van der Waals surface area contributed by atoms with Crippen LogP contribution in [0.5, 0.6) is 0 Å². The van der Waals surface area contributed by atoms with E-state index in [1.807, 2.05) is 0 Å². The maximum atomic E-state index is 12.6. The third kappa shape index (κ3) is 6.49. The van der Waals surface area contributed by atoms with Gasteiger partial charge in [-0.15, -0.1) is 0 Å². The number of carbonyl (C=O) groups is 1. The highest BCUT2D eigenvalue weighted by Gasteiger charge is 2.54. The van der Waals surface area contributed by atoms with E-state index in [0.717, 1.165) is 0 Å². The van der Waals surface area contributed by atoms with Crippen molar-refractivity contribution in [3.8, 4) is 0 Å². The first kappa shape index (κ1) is 33.8. The van der Waals surface area contributed by atoms with E-state index in [2.05, 4.69) is 0 Å². The van der Waals surface area contributed by atoms with Crippen LogP contribution >= 0.6 is 0 Å². The van der Waals surface area contributed by atoms with E-state index in [1.165, 1.54) is 0 Å². The highest BCUT2D eigenvalue weighted by molar-refractivity contribution is 5.87. The van der Waals surface area contributed by atoms with Gasteiger partial charge in [-0.25, -0.2) is 0 Å². The Kier molecular flexibility index (Phi) is 11.2. The second-order valence-electron chi connectivity index (χ2n) is 11.0. The molecule has 3 heterocycles. The SMILES string of the molecule is NC[C@@H]1O[C@H](O[C@H]2[C@@H](O)[C@H](O[C@@H]3[C@@H](O)[C@H](N)C[C@H](N)[C@H]3O[C@H]3O[C@H](CN)[C@@H](O)[C@H](O)C3=O)O[C@@H]2CO)[C@H](N)[C@@H](O)[C@@H]1O. The molecule has 0 bridgehead atoms. The number of nitrogens with two attached hydrogens (primary N) is 5. The third-order valence-corrected chi connectivity index (χ3v) is 8.14. The van der Waals surface area contributed by atoms with Crippen LogP contribution < -0.4 is 28.7 Å². The van der Waals surface area contributed by atoms with Gasteiger partial charge in [0.2, 0.25) is 12.1 Å². The Morgan fingerprint density at radius 1 is 0.667 bits per heavy atom. The van der Waals surface area contributed by atoms with E-state index < -0.39 is 123 Å². The molecule has 1 saturated carbocycles. The van der Waals surface area contributed by atoms with E-state index in [4.69, 9.17) is 57.1 Å². The molecule has 244 valence electrons. The first-order valence-electron chi connectivity index (χ1n) is 13.7. The molecule has 0 radical (unpaired) electrons. The molecule has 0 aromatic heterocycles. The maximum absolute atomic E-state index is 12.6. The molecular formula is C23H43N5O14. The van der Waals surface area contributed by atoms with Gasteiger partial charge in [0.1, 0.15) is 67.1 Å². The van der Waals surface area contributed by atoms with Crippen molar-refractivity contribution in [1.29, 1.82) is 0 Å². The van der Waals surface area contributed by atoms with E-state index >= 15 is 0 Å². The number of aliphatic hydroxyl groups excluding tert-OH is 7. The summed E-state index contributed by atoms with van der Waals surface area (Å²) in [6, 6.07) is -3.13. The quantitative estimate of drug-likeness (QED) is 0.115. The van der Waals surface area contributed by atoms with Gasteiger partial charge in [0.05, 0.1) is 18.8 Å². The van der Waals surface area contributed by atoms with Gasteiger partial charge in [0, 0.05) is 25.2 Å². The Bertz CT molecular complexity index is 910. The predicted molar refractivity (Wildman–Crippen MR) is 135 cm³/mol. The van der Waals surface area contributed by atoms with Crippen molar-refractivity contribution >= 4 is 5.78 Å². The summed E-state index contributed by atoms with van der Waals surface area (Å²) in [5.74, 6) is -1.01. The summed E-state index contributed by atoms with van der Waals surface area (Å²) in [6.07, 6.45) is -21.6. The standard InChI is InChI=1S/C23H43N5O14/c24-2-7-12(31)14(33)10(28)21(37-7)41-19-9(4-29)39-23(17(19)36)42-20-11(30)5(26)1-6(27)18(20)40-22-16(35)15(34)13(32)8(3-25)38-22/h5-15,17-23,29-34,36H,1-4,24-28H2/t5-,6+,7+,8-,9-,10-,11+,12-,13-,14-,15+,17-,18-,19-,20-,21-,22-,23+/m1/s1. The Balaban J connectivity index is 1.50. The number of hydrogen-bond acceptors (Lipinski definition) is 19. The fourth-order valence-corrected chi connectivity index (χ4v) is 5.57. The second kappa shape index (κ2) is 13.9. The summed E-state index contributed by atoms with van der Waals surface area (Å²) in [4.78, 5) is 12.6. The summed E-state index contributed by atoms with van der Waals surface area (Å²) in [5.41, 5.74) is 29.4. The van der Waals surface area contributed by atoms with Gasteiger partial charge in [-0.3, -0.25) is 4.79 Å². The van der Waals surface area contributed by atoms with Crippen molar-refractivity contribution in [3.05, 3.63) is 0 Å². The van der Waals surface area contributed by atoms with Gasteiger partial charge in [-0.1, -0.05) is 0 Å². The van der Waals surface area contributed by atoms with Gasteiger partial charge in [0.25, 0.3) is 0 Å². The second-order valence-corrected chi connectivity index (χ2v) is 11.0. The topological polar surface area (TPSA) is 344 Å². The van der Waals surface area contributed by atoms with Gasteiger partial charge >= 0.3 is 0 Å². The molecule has 42 heavy (non-hydrogen) atoms. The molecule has 0 amide bonds. The van der Waals surface area contributed by atoms with Crippen LogP contribution in [0.25, 0.3) is 0 Å². The first-order valence-corrected chi connectivity index (χ1v) is 13.7. The van der Waals surface area contributed by atoms with Gasteiger partial charge in [0.15, 0.2) is 12.6 Å². The number of aliphatic hydroxyl groups is 7. The van der Waals surface area contributed by atoms with Gasteiger partial charge in [-0.2, -0.15) is 0 Å². The molecule has 19 nitrogen and oxygen atoms in total. The number of ketones is 1. The van der Waals surface area contributed by atoms with Crippen LogP contribution in [0.3, 0.4) is 0 Å². The number of rotatable bonds is 9. The minimum absolute atomic E-state index is 0.0184. The number of carbonyl (C=O) groups excluding carboxylic acids is 1. The number of hydrogen-bond donors (Lipinski definition) is 12. The average Bonchev–Trinajstić information content (AvgIpc) is 3.27. The number of Topliss-reactive ketones (excluding diaryl/α,β-unsaturated/α-hetero) is 1. The monoisotopic (exact) mass is 613 g/mol. The molecule has 0 aromatic carbocycles. The summed E-state index contributed by atoms with van der Waals surface area (Å²) in [6.45, 7) is -1.11. The first-order chi connectivity index (χ1) is 19.8. The normalized spacial score (nSPS) is 52.0. The molecular weight excluding hydrogens is 570 g/mol. The molecule has 17 N–H and O–H groups in total. The lowest BCUT2D eigenvalue weighted by molar-refractivity contribution is -0.288. The molecule has 18 atom stereocenters. The van der Waals surface area contributed by atoms with Crippen LogP contribution in [0.4, 0.5) is 0 Å². The lowest BCUT2D eigenvalue weighted by Gasteiger charge is -2.45.